The molecule has 0 saturated carbocycles. The van der Waals surface area contributed by atoms with Crippen LogP contribution in [0.1, 0.15) is 0 Å². The number of hydrogen-bond donors (Lipinski definition) is 3. The van der Waals surface area contributed by atoms with Gasteiger partial charge < -0.3 is 20.6 Å². The average Bonchev–Trinajstić information content (AvgIpc) is 1.98. The van der Waals surface area contributed by atoms with Gasteiger partial charge in [-0.2, -0.15) is 0 Å². The third-order valence-corrected chi connectivity index (χ3v) is 1.39. The molecule has 0 saturated heterocycles. The Hall–Kier alpha value is 0.0997. The van der Waals surface area contributed by atoms with E-state index in [9.17, 15) is 0 Å². The monoisotopic (exact) mass is 149 g/mol. The Kier molecular flexibility index (Phi) is 5.76. The van der Waals surface area contributed by atoms with Crippen molar-refractivity contribution in [3.05, 3.63) is 0 Å². The SMILES string of the molecule is [B]NB(NB(C)N)N(C)[B]C. The molecule has 0 fully saturated rings. The van der Waals surface area contributed by atoms with Gasteiger partial charge in [0, 0.05) is 0 Å². The molecule has 0 aliphatic heterocycles. The molecule has 4 nitrogen and oxygen atoms in total. The molecule has 3 radical (unpaired) electrons. The van der Waals surface area contributed by atoms with Crippen LogP contribution in [0.15, 0.2) is 0 Å². The third kappa shape index (κ3) is 4.53. The number of hydrogen-bond acceptors (Lipinski definition) is 4. The highest BCUT2D eigenvalue weighted by Gasteiger charge is 2.18. The summed E-state index contributed by atoms with van der Waals surface area (Å²) < 4.78 is 1.89. The van der Waals surface area contributed by atoms with Crippen LogP contribution in [0.4, 0.5) is 0 Å². The molecular formula is C3H13B4N4. The minimum absolute atomic E-state index is 0.0848. The molecule has 57 valence electrons. The van der Waals surface area contributed by atoms with Crippen molar-refractivity contribution in [1.29, 1.82) is 0 Å². The molecule has 0 aromatic heterocycles. The third-order valence-electron chi connectivity index (χ3n) is 1.39. The molecule has 0 heterocycles. The molecule has 0 aromatic rings. The second kappa shape index (κ2) is 5.71. The van der Waals surface area contributed by atoms with E-state index < -0.39 is 0 Å². The van der Waals surface area contributed by atoms with Crippen molar-refractivity contribution in [2.45, 2.75) is 13.6 Å². The van der Waals surface area contributed by atoms with E-state index in [-0.39, 0.29) is 14.1 Å². The van der Waals surface area contributed by atoms with Gasteiger partial charge >= 0.3 is 7.12 Å². The highest BCUT2D eigenvalue weighted by atomic mass is 15.1. The summed E-state index contributed by atoms with van der Waals surface area (Å²) in [5.74, 6) is 0. The molecule has 11 heavy (non-hydrogen) atoms. The number of rotatable bonds is 5. The van der Waals surface area contributed by atoms with Crippen LogP contribution in [0.3, 0.4) is 0 Å². The minimum Gasteiger partial charge on any atom is -0.380 e. The van der Waals surface area contributed by atoms with Crippen LogP contribution in [-0.4, -0.2) is 41.3 Å². The maximum absolute atomic E-state index is 5.51. The van der Waals surface area contributed by atoms with E-state index in [1.54, 1.807) is 0 Å². The van der Waals surface area contributed by atoms with Gasteiger partial charge in [0.2, 0.25) is 0 Å². The maximum Gasteiger partial charge on any atom is 0.363 e. The summed E-state index contributed by atoms with van der Waals surface area (Å²) in [6, 6.07) is 0. The van der Waals surface area contributed by atoms with E-state index in [0.29, 0.717) is 0 Å². The fraction of sp³-hybridized carbons (Fsp3) is 1.00. The zero-order valence-corrected chi connectivity index (χ0v) is 7.33. The van der Waals surface area contributed by atoms with Crippen LogP contribution in [0.5, 0.6) is 0 Å². The second-order valence-electron chi connectivity index (χ2n) is 2.45. The topological polar surface area (TPSA) is 53.3 Å². The maximum atomic E-state index is 5.51. The molecule has 4 N–H and O–H groups in total. The van der Waals surface area contributed by atoms with E-state index in [1.165, 1.54) is 0 Å². The Labute approximate surface area is 71.6 Å². The number of nitrogens with zero attached hydrogens (tertiary/aromatic N) is 1. The van der Waals surface area contributed by atoms with Crippen LogP contribution in [-0.2, 0) is 0 Å². The quantitative estimate of drug-likeness (QED) is 0.392. The summed E-state index contributed by atoms with van der Waals surface area (Å²) in [6.07, 6.45) is 0. The lowest BCUT2D eigenvalue weighted by Crippen LogP contribution is -2.64. The predicted octanol–water partition coefficient (Wildman–Crippen LogP) is -2.09. The molecule has 0 aliphatic carbocycles. The zero-order valence-electron chi connectivity index (χ0n) is 7.33. The summed E-state index contributed by atoms with van der Waals surface area (Å²) >= 11 is 0. The van der Waals surface area contributed by atoms with Crippen molar-refractivity contribution in [1.82, 2.24) is 15.0 Å². The fourth-order valence-corrected chi connectivity index (χ4v) is 0.681. The first kappa shape index (κ1) is 11.1. The van der Waals surface area contributed by atoms with E-state index in [4.69, 9.17) is 13.6 Å². The first-order valence-electron chi connectivity index (χ1n) is 3.61. The molecule has 8 heteroatoms. The lowest BCUT2D eigenvalue weighted by Gasteiger charge is -2.24. The van der Waals surface area contributed by atoms with Gasteiger partial charge in [-0.25, -0.2) is 0 Å². The summed E-state index contributed by atoms with van der Waals surface area (Å²) in [5.41, 5.74) is 5.51. The smallest absolute Gasteiger partial charge is 0.363 e. The largest absolute Gasteiger partial charge is 0.380 e. The van der Waals surface area contributed by atoms with Gasteiger partial charge in [0.25, 0.3) is 6.98 Å². The van der Waals surface area contributed by atoms with Crippen molar-refractivity contribution < 1.29 is 0 Å². The van der Waals surface area contributed by atoms with Crippen molar-refractivity contribution in [2.24, 2.45) is 5.64 Å². The summed E-state index contributed by atoms with van der Waals surface area (Å²) in [6.45, 7) is 3.69. The normalized spacial score (nSPS) is 9.91. The lowest BCUT2D eigenvalue weighted by molar-refractivity contribution is 0.793. The van der Waals surface area contributed by atoms with Crippen LogP contribution in [0.2, 0.25) is 13.6 Å². The van der Waals surface area contributed by atoms with E-state index in [1.807, 2.05) is 32.8 Å². The molecule has 0 rings (SSSR count). The van der Waals surface area contributed by atoms with Crippen LogP contribution >= 0.6 is 0 Å². The predicted molar refractivity (Wildman–Crippen MR) is 53.0 cm³/mol. The Morgan fingerprint density at radius 3 is 2.45 bits per heavy atom. The molecule has 0 amide bonds. The Morgan fingerprint density at radius 2 is 2.18 bits per heavy atom. The van der Waals surface area contributed by atoms with E-state index in [0.717, 1.165) is 0 Å². The first-order chi connectivity index (χ1) is 5.11. The Balaban J connectivity index is 3.74. The average molecular weight is 148 g/mol. The van der Waals surface area contributed by atoms with E-state index >= 15 is 0 Å². The Morgan fingerprint density at radius 1 is 1.64 bits per heavy atom. The van der Waals surface area contributed by atoms with Gasteiger partial charge in [-0.15, -0.1) is 0 Å². The number of nitrogens with two attached hydrogens (primary N) is 1. The van der Waals surface area contributed by atoms with Crippen molar-refractivity contribution in [3.8, 4) is 0 Å². The molecule has 0 bridgehead atoms. The summed E-state index contributed by atoms with van der Waals surface area (Å²) in [5, 5.41) is 5.60. The van der Waals surface area contributed by atoms with E-state index in [2.05, 4.69) is 10.3 Å². The van der Waals surface area contributed by atoms with Gasteiger partial charge in [0.1, 0.15) is 0 Å². The van der Waals surface area contributed by atoms with Crippen LogP contribution in [0.25, 0.3) is 0 Å². The molecule has 0 aromatic carbocycles. The number of nitrogens with one attached hydrogen (secondary N) is 2. The van der Waals surface area contributed by atoms with Crippen molar-refractivity contribution in [2.75, 3.05) is 7.05 Å². The van der Waals surface area contributed by atoms with Gasteiger partial charge in [-0.1, -0.05) is 13.6 Å². The molecular weight excluding hydrogens is 135 g/mol. The summed E-state index contributed by atoms with van der Waals surface area (Å²) in [4.78, 5) is 0. The minimum atomic E-state index is -0.111. The zero-order chi connectivity index (χ0) is 8.85. The molecule has 0 unspecified atom stereocenters. The van der Waals surface area contributed by atoms with Gasteiger partial charge in [-0.05, 0) is 7.05 Å². The summed E-state index contributed by atoms with van der Waals surface area (Å²) in [7, 11) is 8.96. The van der Waals surface area contributed by atoms with Gasteiger partial charge in [-0.3, -0.25) is 0 Å². The molecule has 0 atom stereocenters. The van der Waals surface area contributed by atoms with Gasteiger partial charge in [0.15, 0.2) is 15.4 Å². The molecule has 0 aliphatic rings. The standard InChI is InChI=1S/C3H13B4N4/c1-5-11(3)7(9-4)10-6(2)8/h9-10H,8H2,1-3H3. The molecule has 0 spiro atoms. The van der Waals surface area contributed by atoms with Crippen molar-refractivity contribution >= 4 is 29.5 Å². The Bertz CT molecular complexity index is 101. The fourth-order valence-electron chi connectivity index (χ4n) is 0.681. The van der Waals surface area contributed by atoms with Crippen LogP contribution in [0, 0.1) is 0 Å². The van der Waals surface area contributed by atoms with Crippen molar-refractivity contribution in [3.63, 3.8) is 0 Å². The lowest BCUT2D eigenvalue weighted by atomic mass is 9.68. The highest BCUT2D eigenvalue weighted by molar-refractivity contribution is 6.74. The highest BCUT2D eigenvalue weighted by Crippen LogP contribution is 1.79. The van der Waals surface area contributed by atoms with Crippen LogP contribution < -0.4 is 15.9 Å². The van der Waals surface area contributed by atoms with Gasteiger partial charge in [0.05, 0.1) is 0 Å². The second-order valence-corrected chi connectivity index (χ2v) is 2.45. The first-order valence-corrected chi connectivity index (χ1v) is 3.61.